The van der Waals surface area contributed by atoms with Crippen molar-refractivity contribution in [1.82, 2.24) is 15.2 Å². The number of hydrogen-bond acceptors (Lipinski definition) is 3. The van der Waals surface area contributed by atoms with E-state index in [9.17, 15) is 4.79 Å². The molecule has 1 atom stereocenters. The van der Waals surface area contributed by atoms with Gasteiger partial charge in [-0.1, -0.05) is 24.3 Å². The van der Waals surface area contributed by atoms with Gasteiger partial charge in [0.15, 0.2) is 5.96 Å². The molecule has 158 valence electrons. The first-order valence-electron chi connectivity index (χ1n) is 10.3. The average molecular weight is 509 g/mol. The first-order valence-corrected chi connectivity index (χ1v) is 10.3. The van der Waals surface area contributed by atoms with Crippen LogP contribution in [0.25, 0.3) is 0 Å². The highest BCUT2D eigenvalue weighted by molar-refractivity contribution is 14.0. The molecule has 1 unspecified atom stereocenters. The largest absolute Gasteiger partial charge is 0.369 e. The van der Waals surface area contributed by atoms with Gasteiger partial charge in [-0.15, -0.1) is 24.0 Å². The molecule has 29 heavy (non-hydrogen) atoms. The molecule has 7 heteroatoms. The molecule has 0 radical (unpaired) electrons. The van der Waals surface area contributed by atoms with Crippen LogP contribution in [0.2, 0.25) is 0 Å². The molecule has 1 aromatic carbocycles. The summed E-state index contributed by atoms with van der Waals surface area (Å²) >= 11 is 0. The predicted molar refractivity (Wildman–Crippen MR) is 132 cm³/mol. The predicted octanol–water partition coefficient (Wildman–Crippen LogP) is 3.08. The van der Waals surface area contributed by atoms with Crippen LogP contribution < -0.4 is 21.1 Å². The number of aryl methyl sites for hydroxylation is 1. The van der Waals surface area contributed by atoms with E-state index in [1.807, 2.05) is 12.3 Å². The van der Waals surface area contributed by atoms with E-state index in [1.165, 1.54) is 5.69 Å². The Kier molecular flexibility index (Phi) is 10.0. The number of rotatable bonds is 8. The van der Waals surface area contributed by atoms with Crippen molar-refractivity contribution in [2.45, 2.75) is 38.8 Å². The fraction of sp³-hybridized carbons (Fsp3) is 0.455. The summed E-state index contributed by atoms with van der Waals surface area (Å²) in [6, 6.07) is 16.2. The number of nitrogens with one attached hydrogen (secondary N) is 2. The lowest BCUT2D eigenvalue weighted by atomic mass is 10.2. The summed E-state index contributed by atoms with van der Waals surface area (Å²) in [6.07, 6.45) is 4.85. The lowest BCUT2D eigenvalue weighted by Crippen LogP contribution is -2.44. The molecule has 3 rings (SSSR count). The molecule has 0 bridgehead atoms. The van der Waals surface area contributed by atoms with Crippen LogP contribution in [-0.2, 0) is 6.54 Å². The molecule has 2 aromatic rings. The topological polar surface area (TPSA) is 61.7 Å². The maximum Gasteiger partial charge on any atom is 0.250 e. The van der Waals surface area contributed by atoms with Crippen molar-refractivity contribution in [3.63, 3.8) is 0 Å². The molecule has 1 aliphatic rings. The van der Waals surface area contributed by atoms with Gasteiger partial charge in [0.2, 0.25) is 5.56 Å². The number of aromatic nitrogens is 1. The van der Waals surface area contributed by atoms with Gasteiger partial charge in [0, 0.05) is 56.7 Å². The van der Waals surface area contributed by atoms with Gasteiger partial charge in [0.25, 0.3) is 0 Å². The van der Waals surface area contributed by atoms with Crippen LogP contribution in [0, 0.1) is 0 Å². The average Bonchev–Trinajstić information content (AvgIpc) is 3.18. The van der Waals surface area contributed by atoms with E-state index in [-0.39, 0.29) is 29.5 Å². The smallest absolute Gasteiger partial charge is 0.250 e. The van der Waals surface area contributed by atoms with Gasteiger partial charge in [0.05, 0.1) is 0 Å². The Morgan fingerprint density at radius 3 is 2.69 bits per heavy atom. The lowest BCUT2D eigenvalue weighted by Gasteiger charge is -2.20. The number of unbranched alkanes of at least 4 members (excludes halogenated alkanes) is 1. The molecule has 1 aromatic heterocycles. The first-order chi connectivity index (χ1) is 13.8. The molecule has 1 fully saturated rings. The molecule has 6 nitrogen and oxygen atoms in total. The summed E-state index contributed by atoms with van der Waals surface area (Å²) in [5.74, 6) is 0.888. The molecule has 1 aliphatic heterocycles. The Morgan fingerprint density at radius 1 is 1.14 bits per heavy atom. The number of anilines is 1. The summed E-state index contributed by atoms with van der Waals surface area (Å²) in [5.41, 5.74) is 1.34. The number of hydrogen-bond donors (Lipinski definition) is 2. The number of pyridine rings is 1. The quantitative estimate of drug-likeness (QED) is 0.249. The molecular weight excluding hydrogens is 477 g/mol. The van der Waals surface area contributed by atoms with Gasteiger partial charge in [0.1, 0.15) is 0 Å². The third kappa shape index (κ3) is 7.38. The maximum atomic E-state index is 11.7. The molecule has 1 saturated heterocycles. The first kappa shape index (κ1) is 23.3. The lowest BCUT2D eigenvalue weighted by molar-refractivity contribution is 0.595. The Morgan fingerprint density at radius 2 is 1.93 bits per heavy atom. The molecule has 0 amide bonds. The van der Waals surface area contributed by atoms with Crippen molar-refractivity contribution in [2.24, 2.45) is 4.99 Å². The highest BCUT2D eigenvalue weighted by Crippen LogP contribution is 2.19. The van der Waals surface area contributed by atoms with Crippen molar-refractivity contribution in [1.29, 1.82) is 0 Å². The van der Waals surface area contributed by atoms with E-state index < -0.39 is 0 Å². The van der Waals surface area contributed by atoms with Crippen molar-refractivity contribution in [3.8, 4) is 0 Å². The second kappa shape index (κ2) is 12.5. The summed E-state index contributed by atoms with van der Waals surface area (Å²) in [5, 5.41) is 6.92. The second-order valence-electron chi connectivity index (χ2n) is 7.11. The second-order valence-corrected chi connectivity index (χ2v) is 7.11. The molecule has 0 saturated carbocycles. The normalized spacial score (nSPS) is 16.4. The van der Waals surface area contributed by atoms with Gasteiger partial charge >= 0.3 is 0 Å². The van der Waals surface area contributed by atoms with Crippen molar-refractivity contribution >= 4 is 35.6 Å². The van der Waals surface area contributed by atoms with Crippen molar-refractivity contribution < 1.29 is 0 Å². The van der Waals surface area contributed by atoms with Crippen LogP contribution in [0.5, 0.6) is 0 Å². The van der Waals surface area contributed by atoms with E-state index in [4.69, 9.17) is 4.99 Å². The van der Waals surface area contributed by atoms with Crippen molar-refractivity contribution in [2.75, 3.05) is 31.1 Å². The fourth-order valence-corrected chi connectivity index (χ4v) is 3.49. The fourth-order valence-electron chi connectivity index (χ4n) is 3.49. The summed E-state index contributed by atoms with van der Waals surface area (Å²) in [7, 11) is 0. The number of guanidine groups is 1. The van der Waals surface area contributed by atoms with Crippen LogP contribution in [0.1, 0.15) is 26.2 Å². The third-order valence-electron chi connectivity index (χ3n) is 4.97. The minimum absolute atomic E-state index is 0. The van der Waals surface area contributed by atoms with Crippen LogP contribution in [-0.4, -0.2) is 42.7 Å². The van der Waals surface area contributed by atoms with E-state index in [2.05, 4.69) is 52.8 Å². The number of halogens is 1. The molecule has 0 spiro atoms. The van der Waals surface area contributed by atoms with Gasteiger partial charge in [-0.2, -0.15) is 0 Å². The van der Waals surface area contributed by atoms with E-state index in [0.717, 1.165) is 57.9 Å². The van der Waals surface area contributed by atoms with E-state index >= 15 is 0 Å². The Hall–Kier alpha value is -2.03. The van der Waals surface area contributed by atoms with Gasteiger partial charge in [-0.25, -0.2) is 0 Å². The highest BCUT2D eigenvalue weighted by Gasteiger charge is 2.23. The zero-order valence-electron chi connectivity index (χ0n) is 17.1. The van der Waals surface area contributed by atoms with Crippen LogP contribution in [0.4, 0.5) is 5.69 Å². The molecule has 2 heterocycles. The number of benzene rings is 1. The Balaban J connectivity index is 0.00000300. The number of para-hydroxylation sites is 1. The SMILES string of the molecule is CCNC(=NCCCCn1ccccc1=O)NC1CCN(c2ccccc2)C1.I. The minimum Gasteiger partial charge on any atom is -0.369 e. The summed E-state index contributed by atoms with van der Waals surface area (Å²) < 4.78 is 1.75. The van der Waals surface area contributed by atoms with Crippen LogP contribution >= 0.6 is 24.0 Å². The van der Waals surface area contributed by atoms with E-state index in [1.54, 1.807) is 16.7 Å². The van der Waals surface area contributed by atoms with Crippen LogP contribution in [0.3, 0.4) is 0 Å². The molecule has 2 N–H and O–H groups in total. The Labute approximate surface area is 190 Å². The number of nitrogens with zero attached hydrogens (tertiary/aromatic N) is 3. The van der Waals surface area contributed by atoms with Crippen molar-refractivity contribution in [3.05, 3.63) is 65.1 Å². The zero-order valence-corrected chi connectivity index (χ0v) is 19.4. The monoisotopic (exact) mass is 509 g/mol. The highest BCUT2D eigenvalue weighted by atomic mass is 127. The minimum atomic E-state index is 0. The molecule has 0 aliphatic carbocycles. The number of aliphatic imine (C=N–C) groups is 1. The van der Waals surface area contributed by atoms with Crippen LogP contribution in [0.15, 0.2) is 64.5 Å². The van der Waals surface area contributed by atoms with E-state index in [0.29, 0.717) is 6.04 Å². The molecular formula is C22H32IN5O. The maximum absolute atomic E-state index is 11.7. The summed E-state index contributed by atoms with van der Waals surface area (Å²) in [4.78, 5) is 18.8. The summed E-state index contributed by atoms with van der Waals surface area (Å²) in [6.45, 7) is 6.49. The van der Waals surface area contributed by atoms with Gasteiger partial charge < -0.3 is 20.1 Å². The van der Waals surface area contributed by atoms with Gasteiger partial charge in [-0.3, -0.25) is 9.79 Å². The third-order valence-corrected chi connectivity index (χ3v) is 4.97. The standard InChI is InChI=1S/C22H31N5O.HI/c1-2-23-22(24-14-7-9-16-26-15-8-6-12-21(26)28)25-19-13-17-27(18-19)20-10-4-3-5-11-20;/h3-6,8,10-12,15,19H,2,7,9,13-14,16-18H2,1H3,(H2,23,24,25);1H. The van der Waals surface area contributed by atoms with Gasteiger partial charge in [-0.05, 0) is 44.4 Å². The Bertz CT molecular complexity index is 808. The zero-order chi connectivity index (χ0) is 19.6.